The minimum Gasteiger partial charge on any atom is -0.505 e. The average Bonchev–Trinajstić information content (AvgIpc) is 2.82. The summed E-state index contributed by atoms with van der Waals surface area (Å²) in [4.78, 5) is 37.4. The maximum atomic E-state index is 13.2. The molecular weight excluding hydrogens is 486 g/mol. The molecule has 0 radical (unpaired) electrons. The molecule has 36 heavy (non-hydrogen) atoms. The number of aromatic hydroxyl groups is 1. The number of carbonyl (C=O) groups is 2. The quantitative estimate of drug-likeness (QED) is 0.330. The Kier molecular flexibility index (Phi) is 8.60. The van der Waals surface area contributed by atoms with Gasteiger partial charge in [-0.25, -0.2) is 4.79 Å². The molecule has 1 aromatic heterocycles. The monoisotopic (exact) mass is 513 g/mol. The lowest BCUT2D eigenvalue weighted by Crippen LogP contribution is -2.36. The predicted molar refractivity (Wildman–Crippen MR) is 137 cm³/mol. The van der Waals surface area contributed by atoms with Gasteiger partial charge in [-0.1, -0.05) is 47.5 Å². The van der Waals surface area contributed by atoms with Gasteiger partial charge >= 0.3 is 12.0 Å². The summed E-state index contributed by atoms with van der Waals surface area (Å²) in [7, 11) is 0. The van der Waals surface area contributed by atoms with Crippen LogP contribution >= 0.6 is 11.6 Å². The van der Waals surface area contributed by atoms with Crippen molar-refractivity contribution in [3.8, 4) is 11.5 Å². The van der Waals surface area contributed by atoms with Crippen molar-refractivity contribution < 1.29 is 24.5 Å². The fraction of sp³-hybridized carbons (Fsp3) is 0.269. The van der Waals surface area contributed by atoms with Crippen LogP contribution in [-0.4, -0.2) is 33.4 Å². The van der Waals surface area contributed by atoms with Crippen molar-refractivity contribution in [2.24, 2.45) is 0 Å². The molecule has 9 nitrogen and oxygen atoms in total. The largest absolute Gasteiger partial charge is 0.505 e. The number of amides is 2. The number of urea groups is 1. The number of benzene rings is 2. The van der Waals surface area contributed by atoms with Crippen LogP contribution in [0.25, 0.3) is 0 Å². The number of hydrogen-bond acceptors (Lipinski definition) is 5. The summed E-state index contributed by atoms with van der Waals surface area (Å²) in [5, 5.41) is 25.2. The summed E-state index contributed by atoms with van der Waals surface area (Å²) in [6.07, 6.45) is 1.09. The Morgan fingerprint density at radius 3 is 2.47 bits per heavy atom. The van der Waals surface area contributed by atoms with E-state index in [0.29, 0.717) is 34.1 Å². The van der Waals surface area contributed by atoms with Crippen molar-refractivity contribution >= 4 is 29.3 Å². The Morgan fingerprint density at radius 1 is 1.14 bits per heavy atom. The molecule has 4 N–H and O–H groups in total. The molecule has 0 saturated carbocycles. The molecule has 2 aromatic carbocycles. The number of carbonyl (C=O) groups excluding carboxylic acids is 1. The smallest absolute Gasteiger partial charge is 0.319 e. The topological polar surface area (TPSA) is 130 Å². The molecule has 0 aliphatic carbocycles. The molecule has 0 fully saturated rings. The number of nitrogens with zero attached hydrogens (tertiary/aromatic N) is 1. The zero-order chi connectivity index (χ0) is 26.4. The van der Waals surface area contributed by atoms with Crippen molar-refractivity contribution in [3.05, 3.63) is 86.3 Å². The Bertz CT molecular complexity index is 1320. The lowest BCUT2D eigenvalue weighted by atomic mass is 10.0. The van der Waals surface area contributed by atoms with E-state index < -0.39 is 23.6 Å². The first kappa shape index (κ1) is 26.6. The predicted octanol–water partition coefficient (Wildman–Crippen LogP) is 4.61. The molecule has 2 amide bonds. The number of aryl methyl sites for hydroxylation is 2. The number of aliphatic carboxylic acids is 1. The Hall–Kier alpha value is -3.98. The molecule has 0 spiro atoms. The lowest BCUT2D eigenvalue weighted by Gasteiger charge is -2.19. The van der Waals surface area contributed by atoms with Crippen LogP contribution in [0.4, 0.5) is 10.5 Å². The van der Waals surface area contributed by atoms with Gasteiger partial charge < -0.3 is 30.2 Å². The summed E-state index contributed by atoms with van der Waals surface area (Å²) in [5.41, 5.74) is 1.48. The third-order valence-corrected chi connectivity index (χ3v) is 5.90. The van der Waals surface area contributed by atoms with Gasteiger partial charge in [-0.3, -0.25) is 9.59 Å². The van der Waals surface area contributed by atoms with E-state index in [1.54, 1.807) is 49.4 Å². The van der Waals surface area contributed by atoms with Crippen LogP contribution in [0, 0.1) is 13.8 Å². The van der Waals surface area contributed by atoms with Crippen molar-refractivity contribution in [3.63, 3.8) is 0 Å². The summed E-state index contributed by atoms with van der Waals surface area (Å²) >= 11 is 6.36. The van der Waals surface area contributed by atoms with E-state index >= 15 is 0 Å². The number of pyridine rings is 1. The second kappa shape index (κ2) is 11.6. The highest BCUT2D eigenvalue weighted by Gasteiger charge is 2.22. The number of carboxylic acid groups (broad SMARTS) is 1. The number of ether oxygens (including phenoxy) is 1. The first-order valence-electron chi connectivity index (χ1n) is 11.3. The van der Waals surface area contributed by atoms with E-state index in [4.69, 9.17) is 16.3 Å². The summed E-state index contributed by atoms with van der Waals surface area (Å²) in [6, 6.07) is 10.5. The van der Waals surface area contributed by atoms with Crippen molar-refractivity contribution in [2.45, 2.75) is 39.8 Å². The zero-order valence-electron chi connectivity index (χ0n) is 20.2. The average molecular weight is 514 g/mol. The third kappa shape index (κ3) is 6.37. The first-order valence-corrected chi connectivity index (χ1v) is 11.7. The zero-order valence-corrected chi connectivity index (χ0v) is 20.9. The fourth-order valence-electron chi connectivity index (χ4n) is 3.71. The summed E-state index contributed by atoms with van der Waals surface area (Å²) in [6.45, 7) is 5.75. The van der Waals surface area contributed by atoms with Crippen LogP contribution in [-0.2, 0) is 11.3 Å². The lowest BCUT2D eigenvalue weighted by molar-refractivity contribution is -0.137. The van der Waals surface area contributed by atoms with Crippen molar-refractivity contribution in [2.75, 3.05) is 11.9 Å². The highest BCUT2D eigenvalue weighted by Crippen LogP contribution is 2.29. The van der Waals surface area contributed by atoms with Gasteiger partial charge in [0.15, 0.2) is 5.69 Å². The van der Waals surface area contributed by atoms with Gasteiger partial charge in [0.1, 0.15) is 11.5 Å². The number of aromatic nitrogens is 1. The van der Waals surface area contributed by atoms with Crippen LogP contribution < -0.4 is 20.9 Å². The van der Waals surface area contributed by atoms with Gasteiger partial charge in [0, 0.05) is 22.3 Å². The highest BCUT2D eigenvalue weighted by atomic mass is 35.5. The van der Waals surface area contributed by atoms with Crippen molar-refractivity contribution in [1.82, 2.24) is 9.88 Å². The second-order valence-electron chi connectivity index (χ2n) is 8.28. The van der Waals surface area contributed by atoms with E-state index in [2.05, 4.69) is 10.6 Å². The van der Waals surface area contributed by atoms with Gasteiger partial charge in [-0.05, 0) is 38.5 Å². The molecule has 0 unspecified atom stereocenters. The Labute approximate surface area is 213 Å². The van der Waals surface area contributed by atoms with Crippen LogP contribution in [0.15, 0.2) is 53.5 Å². The van der Waals surface area contributed by atoms with Crippen molar-refractivity contribution in [1.29, 1.82) is 0 Å². The number of carboxylic acids is 1. The van der Waals surface area contributed by atoms with E-state index in [0.717, 1.165) is 5.56 Å². The SMILES string of the molecule is CCOc1cccc(Cl)c1Cn1cc(C)c(O)c(NC(=O)N[C@@H](CC(=O)O)c2ccc(C)cc2)c1=O. The first-order chi connectivity index (χ1) is 17.1. The maximum Gasteiger partial charge on any atom is 0.319 e. The van der Waals surface area contributed by atoms with Gasteiger partial charge in [-0.2, -0.15) is 0 Å². The molecule has 1 atom stereocenters. The summed E-state index contributed by atoms with van der Waals surface area (Å²) < 4.78 is 6.94. The minimum absolute atomic E-state index is 0.0380. The number of rotatable bonds is 9. The maximum absolute atomic E-state index is 13.2. The normalized spacial score (nSPS) is 11.6. The molecule has 0 saturated heterocycles. The number of halogens is 1. The molecule has 3 aromatic rings. The molecule has 1 heterocycles. The molecule has 190 valence electrons. The highest BCUT2D eigenvalue weighted by molar-refractivity contribution is 6.31. The van der Waals surface area contributed by atoms with Gasteiger partial charge in [0.25, 0.3) is 5.56 Å². The van der Waals surface area contributed by atoms with Gasteiger partial charge in [0.2, 0.25) is 0 Å². The molecular formula is C26H28ClN3O6. The molecule has 0 aliphatic heterocycles. The molecule has 3 rings (SSSR count). The number of hydrogen-bond donors (Lipinski definition) is 4. The standard InChI is InChI=1S/C26H28ClN3O6/c1-4-36-21-7-5-6-19(27)18(21)14-30-13-16(3)24(33)23(25(30)34)29-26(35)28-20(12-22(31)32)17-10-8-15(2)9-11-17/h5-11,13,20,33H,4,12,14H2,1-3H3,(H,31,32)(H2,28,29,35)/t20-/m0/s1. The molecule has 10 heteroatoms. The van der Waals surface area contributed by atoms with E-state index in [1.165, 1.54) is 10.8 Å². The third-order valence-electron chi connectivity index (χ3n) is 5.54. The summed E-state index contributed by atoms with van der Waals surface area (Å²) in [5.74, 6) is -0.975. The van der Waals surface area contributed by atoms with Crippen LogP contribution in [0.5, 0.6) is 11.5 Å². The van der Waals surface area contributed by atoms with E-state index in [9.17, 15) is 24.6 Å². The van der Waals surface area contributed by atoms with Crippen LogP contribution in [0.1, 0.15) is 41.6 Å². The molecule has 0 bridgehead atoms. The van der Waals surface area contributed by atoms with E-state index in [1.807, 2.05) is 13.8 Å². The van der Waals surface area contributed by atoms with E-state index in [-0.39, 0.29) is 24.4 Å². The Balaban J connectivity index is 1.90. The van der Waals surface area contributed by atoms with Gasteiger partial charge in [-0.15, -0.1) is 0 Å². The van der Waals surface area contributed by atoms with Crippen LogP contribution in [0.2, 0.25) is 5.02 Å². The number of nitrogens with one attached hydrogen (secondary N) is 2. The van der Waals surface area contributed by atoms with Crippen LogP contribution in [0.3, 0.4) is 0 Å². The second-order valence-corrected chi connectivity index (χ2v) is 8.69. The number of anilines is 1. The Morgan fingerprint density at radius 2 is 1.83 bits per heavy atom. The fourth-order valence-corrected chi connectivity index (χ4v) is 3.94. The minimum atomic E-state index is -1.11. The molecule has 0 aliphatic rings. The van der Waals surface area contributed by atoms with Gasteiger partial charge in [0.05, 0.1) is 25.6 Å².